The Hall–Kier alpha value is -1.17. The number of nitrogen functional groups attached to an aromatic ring is 1. The molecule has 1 aromatic carbocycles. The average molecular weight is 294 g/mol. The van der Waals surface area contributed by atoms with Crippen LogP contribution in [0, 0.1) is 0 Å². The molecule has 0 radical (unpaired) electrons. The molecule has 0 spiro atoms. The predicted octanol–water partition coefficient (Wildman–Crippen LogP) is 3.95. The van der Waals surface area contributed by atoms with Crippen molar-refractivity contribution in [1.29, 1.82) is 0 Å². The first-order valence-electron chi connectivity index (χ1n) is 6.12. The van der Waals surface area contributed by atoms with E-state index in [1.165, 1.54) is 16.9 Å². The molecule has 3 N–H and O–H groups in total. The molecule has 0 aliphatic heterocycles. The first-order valence-corrected chi connectivity index (χ1v) is 7.77. The Kier molecular flexibility index (Phi) is 4.74. The molecule has 2 aromatic rings. The van der Waals surface area contributed by atoms with Gasteiger partial charge in [0.15, 0.2) is 5.75 Å². The van der Waals surface area contributed by atoms with Crippen LogP contribution in [0.4, 0.5) is 5.69 Å². The van der Waals surface area contributed by atoms with Gasteiger partial charge in [0.2, 0.25) is 0 Å². The summed E-state index contributed by atoms with van der Waals surface area (Å²) in [6.07, 6.45) is 0. The first-order chi connectivity index (χ1) is 9.08. The maximum absolute atomic E-state index is 9.87. The van der Waals surface area contributed by atoms with E-state index in [0.29, 0.717) is 11.7 Å². The Morgan fingerprint density at radius 1 is 1.32 bits per heavy atom. The van der Waals surface area contributed by atoms with Gasteiger partial charge in [-0.3, -0.25) is 0 Å². The Labute approximate surface area is 122 Å². The molecule has 0 saturated heterocycles. The van der Waals surface area contributed by atoms with Crippen LogP contribution in [-0.4, -0.2) is 15.5 Å². The summed E-state index contributed by atoms with van der Waals surface area (Å²) >= 11 is 3.04. The minimum Gasteiger partial charge on any atom is -0.504 e. The van der Waals surface area contributed by atoms with Crippen LogP contribution in [0.5, 0.6) is 5.75 Å². The van der Waals surface area contributed by atoms with E-state index in [-0.39, 0.29) is 5.75 Å². The van der Waals surface area contributed by atoms with Crippen molar-refractivity contribution in [2.75, 3.05) is 5.73 Å². The lowest BCUT2D eigenvalue weighted by Crippen LogP contribution is -2.23. The number of benzene rings is 1. The zero-order valence-corrected chi connectivity index (χ0v) is 12.7. The summed E-state index contributed by atoms with van der Waals surface area (Å²) in [6.45, 7) is 5.12. The second kappa shape index (κ2) is 6.32. The predicted molar refractivity (Wildman–Crippen MR) is 83.4 cm³/mol. The molecule has 2 rings (SSSR count). The quantitative estimate of drug-likeness (QED) is 0.820. The second-order valence-electron chi connectivity index (χ2n) is 4.57. The van der Waals surface area contributed by atoms with Crippen molar-refractivity contribution in [3.63, 3.8) is 0 Å². The smallest absolute Gasteiger partial charge is 0.164 e. The number of hydrogen-bond donors (Lipinski definition) is 2. The highest BCUT2D eigenvalue weighted by atomic mass is 32.2. The Morgan fingerprint density at radius 2 is 2.00 bits per heavy atom. The number of hydrogen-bond acceptors (Lipinski definition) is 5. The van der Waals surface area contributed by atoms with Crippen molar-refractivity contribution in [3.05, 3.63) is 41.3 Å². The van der Waals surface area contributed by atoms with Gasteiger partial charge in [-0.2, -0.15) is 0 Å². The van der Waals surface area contributed by atoms with Gasteiger partial charge in [-0.25, -0.2) is 4.31 Å². The fourth-order valence-corrected chi connectivity index (χ4v) is 3.62. The summed E-state index contributed by atoms with van der Waals surface area (Å²) in [5.41, 5.74) is 7.39. The fourth-order valence-electron chi connectivity index (χ4n) is 1.60. The molecule has 0 unspecified atom stereocenters. The maximum Gasteiger partial charge on any atom is 0.164 e. The lowest BCUT2D eigenvalue weighted by atomic mass is 10.2. The van der Waals surface area contributed by atoms with Crippen LogP contribution >= 0.6 is 23.3 Å². The van der Waals surface area contributed by atoms with Crippen LogP contribution in [0.1, 0.15) is 19.4 Å². The zero-order chi connectivity index (χ0) is 13.8. The van der Waals surface area contributed by atoms with Gasteiger partial charge in [-0.05, 0) is 31.4 Å². The highest BCUT2D eigenvalue weighted by molar-refractivity contribution is 7.99. The SMILES string of the molecule is CC(C)N(Cc1ccccc1)Sc1scc(N)c1O. The molecule has 0 fully saturated rings. The molecule has 0 aliphatic carbocycles. The molecule has 0 bridgehead atoms. The molecule has 5 heteroatoms. The van der Waals surface area contributed by atoms with Crippen molar-refractivity contribution in [1.82, 2.24) is 4.31 Å². The number of anilines is 1. The maximum atomic E-state index is 9.87. The molecule has 0 saturated carbocycles. The molecule has 0 atom stereocenters. The number of nitrogens with zero attached hydrogens (tertiary/aromatic N) is 1. The highest BCUT2D eigenvalue weighted by Gasteiger charge is 2.16. The van der Waals surface area contributed by atoms with Crippen molar-refractivity contribution in [2.24, 2.45) is 0 Å². The summed E-state index contributed by atoms with van der Waals surface area (Å²) in [5, 5.41) is 11.6. The van der Waals surface area contributed by atoms with Gasteiger partial charge in [0, 0.05) is 18.0 Å². The van der Waals surface area contributed by atoms with Gasteiger partial charge < -0.3 is 10.8 Å². The summed E-state index contributed by atoms with van der Waals surface area (Å²) in [5.74, 6) is 0.203. The van der Waals surface area contributed by atoms with Crippen molar-refractivity contribution >= 4 is 29.0 Å². The largest absolute Gasteiger partial charge is 0.504 e. The van der Waals surface area contributed by atoms with Gasteiger partial charge >= 0.3 is 0 Å². The fraction of sp³-hybridized carbons (Fsp3) is 0.286. The number of aromatic hydroxyl groups is 1. The second-order valence-corrected chi connectivity index (χ2v) is 6.77. The van der Waals surface area contributed by atoms with E-state index in [1.807, 2.05) is 18.2 Å². The van der Waals surface area contributed by atoms with Gasteiger partial charge in [-0.15, -0.1) is 11.3 Å². The van der Waals surface area contributed by atoms with Gasteiger partial charge in [0.05, 0.1) is 5.69 Å². The zero-order valence-electron chi connectivity index (χ0n) is 11.0. The van der Waals surface area contributed by atoms with Gasteiger partial charge in [0.1, 0.15) is 4.21 Å². The van der Waals surface area contributed by atoms with E-state index in [4.69, 9.17) is 5.73 Å². The van der Waals surface area contributed by atoms with E-state index in [1.54, 1.807) is 17.3 Å². The lowest BCUT2D eigenvalue weighted by Gasteiger charge is -2.24. The molecule has 0 aliphatic rings. The summed E-state index contributed by atoms with van der Waals surface area (Å²) in [4.78, 5) is 0. The molecule has 19 heavy (non-hydrogen) atoms. The van der Waals surface area contributed by atoms with E-state index in [0.717, 1.165) is 10.8 Å². The molecule has 102 valence electrons. The van der Waals surface area contributed by atoms with Gasteiger partial charge in [0.25, 0.3) is 0 Å². The van der Waals surface area contributed by atoms with Crippen LogP contribution < -0.4 is 5.73 Å². The lowest BCUT2D eigenvalue weighted by molar-refractivity contribution is 0.389. The van der Waals surface area contributed by atoms with Crippen LogP contribution in [-0.2, 0) is 6.54 Å². The highest BCUT2D eigenvalue weighted by Crippen LogP contribution is 2.41. The number of nitrogens with two attached hydrogens (primary N) is 1. The third-order valence-corrected chi connectivity index (χ3v) is 5.15. The normalized spacial score (nSPS) is 11.4. The van der Waals surface area contributed by atoms with Crippen molar-refractivity contribution in [3.8, 4) is 5.75 Å². The monoisotopic (exact) mass is 294 g/mol. The topological polar surface area (TPSA) is 49.5 Å². The summed E-state index contributed by atoms with van der Waals surface area (Å²) in [7, 11) is 0. The van der Waals surface area contributed by atoms with E-state index in [9.17, 15) is 5.11 Å². The van der Waals surface area contributed by atoms with E-state index in [2.05, 4.69) is 30.3 Å². The van der Waals surface area contributed by atoms with E-state index < -0.39 is 0 Å². The third-order valence-electron chi connectivity index (χ3n) is 2.72. The summed E-state index contributed by atoms with van der Waals surface area (Å²) in [6, 6.07) is 10.7. The van der Waals surface area contributed by atoms with Gasteiger partial charge in [-0.1, -0.05) is 30.3 Å². The molecular formula is C14H18N2OS2. The van der Waals surface area contributed by atoms with Crippen molar-refractivity contribution in [2.45, 2.75) is 30.6 Å². The minimum absolute atomic E-state index is 0.203. The molecule has 0 amide bonds. The Balaban J connectivity index is 2.11. The van der Waals surface area contributed by atoms with Crippen LogP contribution in [0.15, 0.2) is 39.9 Å². The Morgan fingerprint density at radius 3 is 2.53 bits per heavy atom. The van der Waals surface area contributed by atoms with E-state index >= 15 is 0 Å². The third kappa shape index (κ3) is 3.65. The van der Waals surface area contributed by atoms with Crippen LogP contribution in [0.2, 0.25) is 0 Å². The summed E-state index contributed by atoms with van der Waals surface area (Å²) < 4.78 is 3.09. The Bertz CT molecular complexity index is 525. The average Bonchev–Trinajstić information content (AvgIpc) is 2.71. The first kappa shape index (κ1) is 14.2. The van der Waals surface area contributed by atoms with Crippen LogP contribution in [0.25, 0.3) is 0 Å². The molecule has 1 heterocycles. The van der Waals surface area contributed by atoms with Crippen molar-refractivity contribution < 1.29 is 5.11 Å². The van der Waals surface area contributed by atoms with Crippen LogP contribution in [0.3, 0.4) is 0 Å². The number of rotatable bonds is 5. The molecular weight excluding hydrogens is 276 g/mol. The minimum atomic E-state index is 0.203. The molecule has 1 aromatic heterocycles. The number of thiophene rings is 1. The standard InChI is InChI=1S/C14H18N2OS2/c1-10(2)16(8-11-6-4-3-5-7-11)19-14-13(17)12(15)9-18-14/h3-7,9-10,17H,8,15H2,1-2H3. The molecule has 3 nitrogen and oxygen atoms in total.